The van der Waals surface area contributed by atoms with E-state index >= 15 is 0 Å². The molecule has 0 amide bonds. The Hall–Kier alpha value is -0.0400. The minimum Gasteiger partial charge on any atom is -0.393 e. The van der Waals surface area contributed by atoms with Crippen molar-refractivity contribution in [3.8, 4) is 0 Å². The van der Waals surface area contributed by atoms with Gasteiger partial charge in [0.15, 0.2) is 0 Å². The van der Waals surface area contributed by atoms with Gasteiger partial charge in [0.1, 0.15) is 0 Å². The van der Waals surface area contributed by atoms with Crippen molar-refractivity contribution >= 4 is 0 Å². The van der Waals surface area contributed by atoms with E-state index in [9.17, 15) is 5.11 Å². The molecular weight excluding hydrogens is 112 g/mol. The molecular formula is C8H14O. The molecule has 0 aromatic rings. The third-order valence-electron chi connectivity index (χ3n) is 3.17. The Labute approximate surface area is 56.1 Å². The van der Waals surface area contributed by atoms with Crippen molar-refractivity contribution in [2.75, 3.05) is 0 Å². The van der Waals surface area contributed by atoms with Gasteiger partial charge in [-0.25, -0.2) is 0 Å². The maximum absolute atomic E-state index is 9.34. The topological polar surface area (TPSA) is 20.2 Å². The summed E-state index contributed by atoms with van der Waals surface area (Å²) < 4.78 is 0. The summed E-state index contributed by atoms with van der Waals surface area (Å²) >= 11 is 0. The fourth-order valence-corrected chi connectivity index (χ4v) is 2.53. The number of rotatable bonds is 0. The second kappa shape index (κ2) is 1.72. The smallest absolute Gasteiger partial charge is 0.0571 e. The molecule has 2 aliphatic carbocycles. The highest BCUT2D eigenvalue weighted by atomic mass is 16.3. The Balaban J connectivity index is 2.10. The molecule has 2 rings (SSSR count). The lowest BCUT2D eigenvalue weighted by Gasteiger charge is -2.20. The van der Waals surface area contributed by atoms with Gasteiger partial charge in [-0.3, -0.25) is 0 Å². The van der Waals surface area contributed by atoms with Crippen LogP contribution in [0.15, 0.2) is 0 Å². The van der Waals surface area contributed by atoms with Crippen molar-refractivity contribution in [2.24, 2.45) is 17.8 Å². The van der Waals surface area contributed by atoms with E-state index in [1.54, 1.807) is 0 Å². The van der Waals surface area contributed by atoms with Crippen LogP contribution in [-0.2, 0) is 0 Å². The third-order valence-corrected chi connectivity index (χ3v) is 3.17. The van der Waals surface area contributed by atoms with Crippen LogP contribution < -0.4 is 0 Å². The second-order valence-electron chi connectivity index (χ2n) is 3.77. The average molecular weight is 126 g/mol. The molecule has 0 saturated heterocycles. The van der Waals surface area contributed by atoms with Gasteiger partial charge >= 0.3 is 0 Å². The minimum atomic E-state index is 0.0613. The predicted octanol–water partition coefficient (Wildman–Crippen LogP) is 1.41. The number of aliphatic hydroxyl groups is 1. The Morgan fingerprint density at radius 3 is 2.22 bits per heavy atom. The van der Waals surface area contributed by atoms with Gasteiger partial charge in [-0.05, 0) is 37.0 Å². The average Bonchev–Trinajstić information content (AvgIpc) is 2.24. The zero-order chi connectivity index (χ0) is 6.43. The van der Waals surface area contributed by atoms with Gasteiger partial charge in [-0.15, -0.1) is 0 Å². The van der Waals surface area contributed by atoms with Gasteiger partial charge in [0.25, 0.3) is 0 Å². The largest absolute Gasteiger partial charge is 0.393 e. The molecule has 0 aromatic heterocycles. The summed E-state index contributed by atoms with van der Waals surface area (Å²) in [7, 11) is 0. The fraction of sp³-hybridized carbons (Fsp3) is 1.00. The monoisotopic (exact) mass is 126 g/mol. The molecule has 1 heteroatoms. The summed E-state index contributed by atoms with van der Waals surface area (Å²) in [6.45, 7) is 2.32. The SMILES string of the molecule is C[C@H]1C[C@H]2C[C@@H]1C[C@@H]2O. The summed E-state index contributed by atoms with van der Waals surface area (Å²) in [5, 5.41) is 9.34. The van der Waals surface area contributed by atoms with Gasteiger partial charge in [0.2, 0.25) is 0 Å². The standard InChI is InChI=1S/C8H14O/c1-5-2-7-3-6(5)4-8(7)9/h5-9H,2-4H2,1H3/t5-,6+,7-,8-/m0/s1. The van der Waals surface area contributed by atoms with Crippen molar-refractivity contribution in [3.63, 3.8) is 0 Å². The maximum Gasteiger partial charge on any atom is 0.0571 e. The first kappa shape index (κ1) is 5.72. The van der Waals surface area contributed by atoms with Crippen LogP contribution in [0.4, 0.5) is 0 Å². The lowest BCUT2D eigenvalue weighted by atomic mass is 9.89. The molecule has 0 radical (unpaired) electrons. The van der Waals surface area contributed by atoms with Crippen molar-refractivity contribution in [2.45, 2.75) is 32.3 Å². The summed E-state index contributed by atoms with van der Waals surface area (Å²) in [6.07, 6.45) is 3.74. The van der Waals surface area contributed by atoms with E-state index in [0.717, 1.165) is 18.3 Å². The van der Waals surface area contributed by atoms with E-state index in [4.69, 9.17) is 0 Å². The fourth-order valence-electron chi connectivity index (χ4n) is 2.53. The van der Waals surface area contributed by atoms with Crippen molar-refractivity contribution in [1.29, 1.82) is 0 Å². The van der Waals surface area contributed by atoms with E-state index in [1.807, 2.05) is 0 Å². The highest BCUT2D eigenvalue weighted by Gasteiger charge is 2.42. The number of aliphatic hydroxyl groups excluding tert-OH is 1. The molecule has 2 bridgehead atoms. The van der Waals surface area contributed by atoms with Crippen molar-refractivity contribution in [3.05, 3.63) is 0 Å². The van der Waals surface area contributed by atoms with Crippen LogP contribution in [0.2, 0.25) is 0 Å². The zero-order valence-corrected chi connectivity index (χ0v) is 5.88. The van der Waals surface area contributed by atoms with E-state index in [0.29, 0.717) is 5.92 Å². The van der Waals surface area contributed by atoms with Crippen LogP contribution in [0, 0.1) is 17.8 Å². The first-order valence-corrected chi connectivity index (χ1v) is 3.95. The molecule has 2 saturated carbocycles. The highest BCUT2D eigenvalue weighted by Crippen LogP contribution is 2.47. The number of hydrogen-bond donors (Lipinski definition) is 1. The van der Waals surface area contributed by atoms with Crippen molar-refractivity contribution in [1.82, 2.24) is 0 Å². The number of fused-ring (bicyclic) bond motifs is 2. The van der Waals surface area contributed by atoms with Crippen LogP contribution in [0.3, 0.4) is 0 Å². The van der Waals surface area contributed by atoms with Gasteiger partial charge in [-0.2, -0.15) is 0 Å². The van der Waals surface area contributed by atoms with Crippen LogP contribution in [-0.4, -0.2) is 11.2 Å². The first-order valence-electron chi connectivity index (χ1n) is 3.95. The summed E-state index contributed by atoms with van der Waals surface area (Å²) in [4.78, 5) is 0. The lowest BCUT2D eigenvalue weighted by molar-refractivity contribution is 0.0985. The first-order chi connectivity index (χ1) is 4.27. The number of hydrogen-bond acceptors (Lipinski definition) is 1. The molecule has 52 valence electrons. The molecule has 1 N–H and O–H groups in total. The van der Waals surface area contributed by atoms with Crippen LogP contribution in [0.1, 0.15) is 26.2 Å². The van der Waals surface area contributed by atoms with Gasteiger partial charge < -0.3 is 5.11 Å². The summed E-state index contributed by atoms with van der Waals surface area (Å²) in [5.74, 6) is 2.44. The summed E-state index contributed by atoms with van der Waals surface area (Å²) in [5.41, 5.74) is 0. The van der Waals surface area contributed by atoms with Gasteiger partial charge in [-0.1, -0.05) is 6.92 Å². The Kier molecular flexibility index (Phi) is 1.10. The highest BCUT2D eigenvalue weighted by molar-refractivity contribution is 4.93. The zero-order valence-electron chi connectivity index (χ0n) is 5.88. The Bertz CT molecular complexity index is 104. The molecule has 1 nitrogen and oxygen atoms in total. The van der Waals surface area contributed by atoms with Crippen LogP contribution in [0.25, 0.3) is 0 Å². The molecule has 0 heterocycles. The van der Waals surface area contributed by atoms with Gasteiger partial charge in [0.05, 0.1) is 6.10 Å². The Morgan fingerprint density at radius 1 is 1.11 bits per heavy atom. The van der Waals surface area contributed by atoms with E-state index in [1.165, 1.54) is 12.8 Å². The van der Waals surface area contributed by atoms with Gasteiger partial charge in [0, 0.05) is 0 Å². The normalized spacial score (nSPS) is 56.7. The van der Waals surface area contributed by atoms with E-state index in [2.05, 4.69) is 6.92 Å². The quantitative estimate of drug-likeness (QED) is 0.520. The predicted molar refractivity (Wildman–Crippen MR) is 36.0 cm³/mol. The molecule has 0 aliphatic heterocycles. The minimum absolute atomic E-state index is 0.0613. The molecule has 2 aliphatic rings. The molecule has 0 spiro atoms. The maximum atomic E-state index is 9.34. The third kappa shape index (κ3) is 0.710. The molecule has 0 aromatic carbocycles. The molecule has 2 fully saturated rings. The van der Waals surface area contributed by atoms with E-state index < -0.39 is 0 Å². The van der Waals surface area contributed by atoms with Crippen LogP contribution >= 0.6 is 0 Å². The molecule has 0 unspecified atom stereocenters. The molecule has 4 atom stereocenters. The van der Waals surface area contributed by atoms with Crippen molar-refractivity contribution < 1.29 is 5.11 Å². The summed E-state index contributed by atoms with van der Waals surface area (Å²) in [6, 6.07) is 0. The Morgan fingerprint density at radius 2 is 1.89 bits per heavy atom. The van der Waals surface area contributed by atoms with E-state index in [-0.39, 0.29) is 6.10 Å². The lowest BCUT2D eigenvalue weighted by Crippen LogP contribution is -2.19. The van der Waals surface area contributed by atoms with Crippen LogP contribution in [0.5, 0.6) is 0 Å². The molecule has 9 heavy (non-hydrogen) atoms. The second-order valence-corrected chi connectivity index (χ2v) is 3.77.